The normalized spacial score (nSPS) is 10.5. The van der Waals surface area contributed by atoms with Crippen LogP contribution >= 0.6 is 20.2 Å². The Kier molecular flexibility index (Phi) is 8.88. The summed E-state index contributed by atoms with van der Waals surface area (Å²) in [6.45, 7) is 4.74. The van der Waals surface area contributed by atoms with Crippen molar-refractivity contribution in [3.63, 3.8) is 0 Å². The Bertz CT molecular complexity index is 707. The van der Waals surface area contributed by atoms with Crippen LogP contribution in [0.25, 0.3) is 0 Å². The first-order valence-corrected chi connectivity index (χ1v) is 8.82. The third kappa shape index (κ3) is 5.26. The molecule has 0 bridgehead atoms. The molecule has 0 heterocycles. The molecule has 3 nitrogen and oxygen atoms in total. The van der Waals surface area contributed by atoms with E-state index in [1.165, 1.54) is 7.11 Å². The molecule has 6 heteroatoms. The van der Waals surface area contributed by atoms with Crippen molar-refractivity contribution in [3.8, 4) is 11.5 Å². The van der Waals surface area contributed by atoms with Gasteiger partial charge in [-0.1, -0.05) is 30.7 Å². The molecule has 0 aliphatic rings. The van der Waals surface area contributed by atoms with Gasteiger partial charge in [-0.25, -0.2) is 0 Å². The van der Waals surface area contributed by atoms with Crippen LogP contribution < -0.4 is 14.8 Å². The Hall–Kier alpha value is -0.973. The first kappa shape index (κ1) is 21.1. The van der Waals surface area contributed by atoms with Gasteiger partial charge in [-0.3, -0.25) is 4.79 Å². The fourth-order valence-corrected chi connectivity index (χ4v) is 3.56. The molecule has 0 saturated heterocycles. The molecule has 0 aromatic heterocycles. The Morgan fingerprint density at radius 1 is 1.25 bits per heavy atom. The van der Waals surface area contributed by atoms with Gasteiger partial charge in [0.05, 0.1) is 24.3 Å². The van der Waals surface area contributed by atoms with Crippen molar-refractivity contribution in [1.82, 2.24) is 0 Å². The fraction of sp³-hybridized carbons (Fsp3) is 0.278. The van der Waals surface area contributed by atoms with Gasteiger partial charge in [-0.15, -0.1) is 0 Å². The zero-order valence-electron chi connectivity index (χ0n) is 13.5. The summed E-state index contributed by atoms with van der Waals surface area (Å²) in [7, 11) is 1.53. The Labute approximate surface area is 162 Å². The minimum absolute atomic E-state index is 0. The number of halogens is 1. The maximum absolute atomic E-state index is 12.6. The molecule has 0 aliphatic carbocycles. The number of benzene rings is 2. The number of methoxy groups -OCH3 is 1. The van der Waals surface area contributed by atoms with Crippen molar-refractivity contribution in [3.05, 3.63) is 52.5 Å². The van der Waals surface area contributed by atoms with Crippen LogP contribution in [0.2, 0.25) is 5.02 Å². The van der Waals surface area contributed by atoms with Crippen LogP contribution in [0.1, 0.15) is 29.3 Å². The fourth-order valence-electron chi connectivity index (χ4n) is 2.17. The van der Waals surface area contributed by atoms with Crippen LogP contribution in [0.5, 0.6) is 11.5 Å². The maximum atomic E-state index is 12.6. The molecule has 2 rings (SSSR count). The molecule has 0 N–H and O–H groups in total. The molecule has 2 aromatic carbocycles. The zero-order chi connectivity index (χ0) is 16.8. The number of carbonyl (C=O) groups excluding carboxylic acids is 1. The second-order valence-corrected chi connectivity index (χ2v) is 6.75. The number of ether oxygens (including phenoxy) is 2. The summed E-state index contributed by atoms with van der Waals surface area (Å²) in [5, 5.41) is 1.41. The summed E-state index contributed by atoms with van der Waals surface area (Å²) in [5.41, 5.74) is 1.45. The standard InChI is InChI=1S/C18H20ClO3P.Li.H/c1-4-10-22-13-8-9-16(12(2)11-13)23-18(20)17-14(19)6-5-7-15(17)21-3;;/h5-9,11,23H,4,10H2,1-3H3;;. The van der Waals surface area contributed by atoms with Gasteiger partial charge in [-0.05, 0) is 57.1 Å². The molecular weight excluding hydrogens is 338 g/mol. The van der Waals surface area contributed by atoms with E-state index in [0.717, 1.165) is 23.0 Å². The van der Waals surface area contributed by atoms with E-state index >= 15 is 0 Å². The SMILES string of the molecule is CCCOc1ccc(PC(=O)c2c(Cl)cccc2OC)c(C)c1.[LiH]. The van der Waals surface area contributed by atoms with Gasteiger partial charge >= 0.3 is 18.9 Å². The summed E-state index contributed by atoms with van der Waals surface area (Å²) >= 11 is 6.18. The first-order valence-electron chi connectivity index (χ1n) is 7.44. The van der Waals surface area contributed by atoms with Crippen LogP contribution in [0.15, 0.2) is 36.4 Å². The molecule has 1 unspecified atom stereocenters. The monoisotopic (exact) mass is 358 g/mol. The molecule has 24 heavy (non-hydrogen) atoms. The van der Waals surface area contributed by atoms with Gasteiger partial charge in [0.2, 0.25) is 0 Å². The number of carbonyl (C=O) groups is 1. The third-order valence-corrected chi connectivity index (χ3v) is 4.96. The second-order valence-electron chi connectivity index (χ2n) is 5.10. The molecular formula is C18H21ClLiO3P. The Morgan fingerprint density at radius 2 is 2.00 bits per heavy atom. The first-order chi connectivity index (χ1) is 11.1. The van der Waals surface area contributed by atoms with E-state index < -0.39 is 0 Å². The van der Waals surface area contributed by atoms with E-state index in [9.17, 15) is 4.79 Å². The van der Waals surface area contributed by atoms with Crippen molar-refractivity contribution < 1.29 is 14.3 Å². The topological polar surface area (TPSA) is 35.5 Å². The van der Waals surface area contributed by atoms with Crippen molar-refractivity contribution in [2.45, 2.75) is 20.3 Å². The van der Waals surface area contributed by atoms with Gasteiger partial charge in [0, 0.05) is 0 Å². The van der Waals surface area contributed by atoms with Crippen LogP contribution in [0.4, 0.5) is 0 Å². The van der Waals surface area contributed by atoms with Crippen molar-refractivity contribution >= 4 is 49.9 Å². The quantitative estimate of drug-likeness (QED) is 0.555. The van der Waals surface area contributed by atoms with Crippen LogP contribution in [0.3, 0.4) is 0 Å². The van der Waals surface area contributed by atoms with E-state index in [0.29, 0.717) is 22.9 Å². The summed E-state index contributed by atoms with van der Waals surface area (Å²) in [5.74, 6) is 1.34. The third-order valence-electron chi connectivity index (χ3n) is 3.34. The van der Waals surface area contributed by atoms with E-state index in [-0.39, 0.29) is 33.0 Å². The molecule has 124 valence electrons. The predicted molar refractivity (Wildman–Crippen MR) is 104 cm³/mol. The van der Waals surface area contributed by atoms with E-state index in [1.807, 2.05) is 25.1 Å². The van der Waals surface area contributed by atoms with Gasteiger partial charge in [0.25, 0.3) is 0 Å². The average Bonchev–Trinajstić information content (AvgIpc) is 2.54. The Morgan fingerprint density at radius 3 is 2.62 bits per heavy atom. The number of aryl methyl sites for hydroxylation is 1. The predicted octanol–water partition coefficient (Wildman–Crippen LogP) is 3.94. The molecule has 0 radical (unpaired) electrons. The van der Waals surface area contributed by atoms with Crippen molar-refractivity contribution in [2.75, 3.05) is 13.7 Å². The van der Waals surface area contributed by atoms with Gasteiger partial charge in [-0.2, -0.15) is 0 Å². The summed E-state index contributed by atoms with van der Waals surface area (Å²) in [4.78, 5) is 12.6. The molecule has 1 atom stereocenters. The molecule has 0 fully saturated rings. The summed E-state index contributed by atoms with van der Waals surface area (Å²) in [6.07, 6.45) is 0.966. The molecule has 0 amide bonds. The molecule has 2 aromatic rings. The van der Waals surface area contributed by atoms with E-state index in [4.69, 9.17) is 21.1 Å². The molecule has 0 saturated carbocycles. The minimum atomic E-state index is -0.0298. The van der Waals surface area contributed by atoms with Crippen molar-refractivity contribution in [2.24, 2.45) is 0 Å². The summed E-state index contributed by atoms with van der Waals surface area (Å²) < 4.78 is 10.9. The number of hydrogen-bond acceptors (Lipinski definition) is 3. The molecule has 0 aliphatic heterocycles. The second kappa shape index (κ2) is 10.1. The number of rotatable bonds is 7. The van der Waals surface area contributed by atoms with E-state index in [2.05, 4.69) is 6.92 Å². The van der Waals surface area contributed by atoms with Crippen LogP contribution in [-0.2, 0) is 0 Å². The van der Waals surface area contributed by atoms with Crippen molar-refractivity contribution in [1.29, 1.82) is 0 Å². The van der Waals surface area contributed by atoms with Gasteiger partial charge in [0.15, 0.2) is 5.52 Å². The van der Waals surface area contributed by atoms with Crippen LogP contribution in [-0.4, -0.2) is 38.1 Å². The molecule has 0 spiro atoms. The van der Waals surface area contributed by atoms with E-state index in [1.54, 1.807) is 18.2 Å². The summed E-state index contributed by atoms with van der Waals surface area (Å²) in [6, 6.07) is 11.0. The van der Waals surface area contributed by atoms with Gasteiger partial charge < -0.3 is 9.47 Å². The number of hydrogen-bond donors (Lipinski definition) is 0. The zero-order valence-corrected chi connectivity index (χ0v) is 15.2. The van der Waals surface area contributed by atoms with Crippen LogP contribution in [0, 0.1) is 6.92 Å². The Balaban J connectivity index is 0.00000288. The average molecular weight is 359 g/mol. The van der Waals surface area contributed by atoms with Gasteiger partial charge in [0.1, 0.15) is 11.5 Å².